The van der Waals surface area contributed by atoms with Gasteiger partial charge in [-0.3, -0.25) is 0 Å². The zero-order valence-electron chi connectivity index (χ0n) is 10.1. The van der Waals surface area contributed by atoms with Gasteiger partial charge in [-0.2, -0.15) is 5.10 Å². The molecule has 5 nitrogen and oxygen atoms in total. The smallest absolute Gasteiger partial charge is 0.222 e. The molecule has 1 aromatic rings. The summed E-state index contributed by atoms with van der Waals surface area (Å²) in [4.78, 5) is 0.327. The first-order valence-electron chi connectivity index (χ1n) is 5.63. The van der Waals surface area contributed by atoms with E-state index < -0.39 is 0 Å². The van der Waals surface area contributed by atoms with Crippen molar-refractivity contribution in [2.45, 2.75) is 13.3 Å². The molecule has 0 amide bonds. The Morgan fingerprint density at radius 2 is 2.47 bits per heavy atom. The van der Waals surface area contributed by atoms with Gasteiger partial charge in [0.25, 0.3) is 0 Å². The Hall–Kier alpha value is -1.14. The second-order valence-corrected chi connectivity index (χ2v) is 4.73. The normalized spacial score (nSPS) is 19.5. The minimum Gasteiger partial charge on any atom is -0.477 e. The molecule has 0 radical (unpaired) electrons. The number of aryl methyl sites for hydroxylation is 2. The summed E-state index contributed by atoms with van der Waals surface area (Å²) in [5.74, 6) is 1.10. The Morgan fingerprint density at radius 1 is 1.71 bits per heavy atom. The molecule has 2 heterocycles. The van der Waals surface area contributed by atoms with E-state index in [9.17, 15) is 0 Å². The standard InChI is InChI=1S/C11H17N3O2S/c1-7-9(10(12)17)11(14(2)13-7)16-6-8-3-4-15-5-8/h8H,3-6H2,1-2H3,(H2,12,17). The number of rotatable bonds is 4. The van der Waals surface area contributed by atoms with Crippen LogP contribution in [0.25, 0.3) is 0 Å². The third-order valence-electron chi connectivity index (χ3n) is 2.90. The van der Waals surface area contributed by atoms with Gasteiger partial charge in [-0.1, -0.05) is 12.2 Å². The van der Waals surface area contributed by atoms with Gasteiger partial charge in [0.15, 0.2) is 0 Å². The van der Waals surface area contributed by atoms with Crippen LogP contribution in [0.2, 0.25) is 0 Å². The highest BCUT2D eigenvalue weighted by Gasteiger charge is 2.21. The third kappa shape index (κ3) is 2.58. The Morgan fingerprint density at radius 3 is 3.06 bits per heavy atom. The molecule has 0 saturated carbocycles. The van der Waals surface area contributed by atoms with Crippen LogP contribution < -0.4 is 10.5 Å². The van der Waals surface area contributed by atoms with Gasteiger partial charge in [0.05, 0.1) is 24.5 Å². The van der Waals surface area contributed by atoms with Crippen LogP contribution in [0.5, 0.6) is 5.88 Å². The minimum absolute atomic E-state index is 0.327. The van der Waals surface area contributed by atoms with Gasteiger partial charge in [0, 0.05) is 19.6 Å². The van der Waals surface area contributed by atoms with E-state index in [1.54, 1.807) is 4.68 Å². The average Bonchev–Trinajstić information content (AvgIpc) is 2.83. The third-order valence-corrected chi connectivity index (χ3v) is 3.10. The molecule has 0 aliphatic carbocycles. The largest absolute Gasteiger partial charge is 0.477 e. The summed E-state index contributed by atoms with van der Waals surface area (Å²) in [5, 5.41) is 4.27. The highest BCUT2D eigenvalue weighted by Crippen LogP contribution is 2.23. The average molecular weight is 255 g/mol. The number of hydrogen-bond donors (Lipinski definition) is 1. The van der Waals surface area contributed by atoms with Gasteiger partial charge in [0.2, 0.25) is 5.88 Å². The summed E-state index contributed by atoms with van der Waals surface area (Å²) in [7, 11) is 1.83. The molecule has 2 N–H and O–H groups in total. The van der Waals surface area contributed by atoms with Crippen LogP contribution in [0, 0.1) is 12.8 Å². The Labute approximate surface area is 106 Å². The Kier molecular flexibility index (Phi) is 3.63. The molecule has 0 aromatic carbocycles. The Bertz CT molecular complexity index is 425. The number of hydrogen-bond acceptors (Lipinski definition) is 4. The van der Waals surface area contributed by atoms with E-state index >= 15 is 0 Å². The fourth-order valence-electron chi connectivity index (χ4n) is 2.00. The summed E-state index contributed by atoms with van der Waals surface area (Å²) in [6.45, 7) is 4.08. The highest BCUT2D eigenvalue weighted by atomic mass is 32.1. The van der Waals surface area contributed by atoms with Crippen molar-refractivity contribution in [3.8, 4) is 5.88 Å². The lowest BCUT2D eigenvalue weighted by molar-refractivity contribution is 0.163. The molecular formula is C11H17N3O2S. The van der Waals surface area contributed by atoms with Gasteiger partial charge >= 0.3 is 0 Å². The summed E-state index contributed by atoms with van der Waals surface area (Å²) in [6, 6.07) is 0. The minimum atomic E-state index is 0.327. The molecule has 1 aliphatic rings. The van der Waals surface area contributed by atoms with Crippen molar-refractivity contribution in [3.63, 3.8) is 0 Å². The predicted octanol–water partition coefficient (Wildman–Crippen LogP) is 0.778. The van der Waals surface area contributed by atoms with Crippen LogP contribution >= 0.6 is 12.2 Å². The summed E-state index contributed by atoms with van der Waals surface area (Å²) in [6.07, 6.45) is 1.04. The van der Waals surface area contributed by atoms with E-state index in [0.717, 1.165) is 30.9 Å². The summed E-state index contributed by atoms with van der Waals surface area (Å²) >= 11 is 5.02. The van der Waals surface area contributed by atoms with E-state index in [1.165, 1.54) is 0 Å². The van der Waals surface area contributed by atoms with E-state index in [2.05, 4.69) is 5.10 Å². The second kappa shape index (κ2) is 5.01. The highest BCUT2D eigenvalue weighted by molar-refractivity contribution is 7.80. The fraction of sp³-hybridized carbons (Fsp3) is 0.636. The second-order valence-electron chi connectivity index (χ2n) is 4.29. The molecule has 2 rings (SSSR count). The lowest BCUT2D eigenvalue weighted by Crippen LogP contribution is -2.17. The number of aromatic nitrogens is 2. The Balaban J connectivity index is 2.11. The molecule has 1 aliphatic heterocycles. The maximum Gasteiger partial charge on any atom is 0.222 e. The van der Waals surface area contributed by atoms with Crippen LogP contribution in [0.15, 0.2) is 0 Å². The summed E-state index contributed by atoms with van der Waals surface area (Å²) in [5.41, 5.74) is 7.23. The first-order valence-corrected chi connectivity index (χ1v) is 6.04. The van der Waals surface area contributed by atoms with Crippen molar-refractivity contribution in [2.24, 2.45) is 18.7 Å². The maximum absolute atomic E-state index is 5.79. The predicted molar refractivity (Wildman–Crippen MR) is 68.3 cm³/mol. The van der Waals surface area contributed by atoms with Crippen LogP contribution in [-0.4, -0.2) is 34.6 Å². The van der Waals surface area contributed by atoms with Crippen molar-refractivity contribution in [1.82, 2.24) is 9.78 Å². The van der Waals surface area contributed by atoms with Crippen LogP contribution in [0.1, 0.15) is 17.7 Å². The molecule has 17 heavy (non-hydrogen) atoms. The zero-order chi connectivity index (χ0) is 12.4. The van der Waals surface area contributed by atoms with Gasteiger partial charge in [-0.15, -0.1) is 0 Å². The molecule has 0 bridgehead atoms. The zero-order valence-corrected chi connectivity index (χ0v) is 10.9. The molecule has 1 fully saturated rings. The van der Waals surface area contributed by atoms with Crippen molar-refractivity contribution >= 4 is 17.2 Å². The van der Waals surface area contributed by atoms with Crippen molar-refractivity contribution in [1.29, 1.82) is 0 Å². The fourth-order valence-corrected chi connectivity index (χ4v) is 2.23. The molecule has 1 saturated heterocycles. The molecule has 6 heteroatoms. The first-order chi connectivity index (χ1) is 8.09. The molecule has 1 aromatic heterocycles. The molecule has 94 valence electrons. The van der Waals surface area contributed by atoms with E-state index in [1.807, 2.05) is 14.0 Å². The quantitative estimate of drug-likeness (QED) is 0.806. The number of ether oxygens (including phenoxy) is 2. The number of nitrogens with two attached hydrogens (primary N) is 1. The maximum atomic E-state index is 5.79. The number of thiocarbonyl (C=S) groups is 1. The molecule has 0 spiro atoms. The van der Waals surface area contributed by atoms with Gasteiger partial charge in [0.1, 0.15) is 4.99 Å². The van der Waals surface area contributed by atoms with Crippen LogP contribution in [0.3, 0.4) is 0 Å². The monoisotopic (exact) mass is 255 g/mol. The van der Waals surface area contributed by atoms with Crippen molar-refractivity contribution in [2.75, 3.05) is 19.8 Å². The molecule has 1 unspecified atom stereocenters. The van der Waals surface area contributed by atoms with Gasteiger partial charge in [-0.25, -0.2) is 4.68 Å². The number of nitrogens with zero attached hydrogens (tertiary/aromatic N) is 2. The van der Waals surface area contributed by atoms with Crippen LogP contribution in [0.4, 0.5) is 0 Å². The van der Waals surface area contributed by atoms with E-state index in [4.69, 9.17) is 27.4 Å². The lowest BCUT2D eigenvalue weighted by atomic mass is 10.1. The summed E-state index contributed by atoms with van der Waals surface area (Å²) < 4.78 is 12.8. The topological polar surface area (TPSA) is 62.3 Å². The first kappa shape index (κ1) is 12.3. The van der Waals surface area contributed by atoms with Gasteiger partial charge in [-0.05, 0) is 13.3 Å². The van der Waals surface area contributed by atoms with E-state index in [-0.39, 0.29) is 0 Å². The SMILES string of the molecule is Cc1nn(C)c(OCC2CCOC2)c1C(N)=S. The van der Waals surface area contributed by atoms with E-state index in [0.29, 0.717) is 23.4 Å². The van der Waals surface area contributed by atoms with Gasteiger partial charge < -0.3 is 15.2 Å². The lowest BCUT2D eigenvalue weighted by Gasteiger charge is -2.11. The van der Waals surface area contributed by atoms with Crippen LogP contribution in [-0.2, 0) is 11.8 Å². The van der Waals surface area contributed by atoms with Crippen molar-refractivity contribution in [3.05, 3.63) is 11.3 Å². The van der Waals surface area contributed by atoms with Crippen molar-refractivity contribution < 1.29 is 9.47 Å². The molecular weight excluding hydrogens is 238 g/mol. The molecule has 1 atom stereocenters.